The van der Waals surface area contributed by atoms with Crippen LogP contribution in [-0.2, 0) is 4.79 Å². The maximum absolute atomic E-state index is 13.3. The van der Waals surface area contributed by atoms with Crippen LogP contribution in [0.2, 0.25) is 0 Å². The third-order valence-electron chi connectivity index (χ3n) is 4.84. The molecular weight excluding hydrogens is 370 g/mol. The second-order valence-corrected chi connectivity index (χ2v) is 6.88. The van der Waals surface area contributed by atoms with Crippen molar-refractivity contribution in [2.24, 2.45) is 0 Å². The molecule has 3 aromatic rings. The van der Waals surface area contributed by atoms with Gasteiger partial charge in [0.15, 0.2) is 5.78 Å². The molecule has 1 N–H and O–H groups in total. The summed E-state index contributed by atoms with van der Waals surface area (Å²) in [6.07, 6.45) is 0.774. The van der Waals surface area contributed by atoms with Gasteiger partial charge in [-0.05, 0) is 56.7 Å². The van der Waals surface area contributed by atoms with E-state index in [9.17, 15) is 19.2 Å². The number of nitrogens with one attached hydrogen (secondary N) is 1. The molecule has 0 saturated heterocycles. The van der Waals surface area contributed by atoms with Gasteiger partial charge in [-0.3, -0.25) is 19.0 Å². The first-order valence-corrected chi connectivity index (χ1v) is 9.52. The van der Waals surface area contributed by atoms with E-state index < -0.39 is 17.3 Å². The van der Waals surface area contributed by atoms with E-state index in [1.165, 1.54) is 11.5 Å². The van der Waals surface area contributed by atoms with Gasteiger partial charge in [-0.2, -0.15) is 0 Å². The number of hydrogen-bond donors (Lipinski definition) is 1. The molecule has 7 nitrogen and oxygen atoms in total. The van der Waals surface area contributed by atoms with E-state index in [0.29, 0.717) is 28.7 Å². The van der Waals surface area contributed by atoms with Crippen LogP contribution in [0.4, 0.5) is 0 Å². The van der Waals surface area contributed by atoms with Crippen LogP contribution in [0, 0.1) is 0 Å². The number of fused-ring (bicyclic) bond motifs is 1. The fourth-order valence-electron chi connectivity index (χ4n) is 3.24. The minimum atomic E-state index is -0.803. The predicted molar refractivity (Wildman–Crippen MR) is 112 cm³/mol. The van der Waals surface area contributed by atoms with E-state index >= 15 is 0 Å². The van der Waals surface area contributed by atoms with Crippen molar-refractivity contribution in [1.29, 1.82) is 0 Å². The lowest BCUT2D eigenvalue weighted by atomic mass is 10.1. The molecule has 1 heterocycles. The Labute approximate surface area is 167 Å². The largest absolute Gasteiger partial charge is 0.354 e. The fourth-order valence-corrected chi connectivity index (χ4v) is 3.24. The number of nitrogens with zero attached hydrogens (tertiary/aromatic N) is 2. The number of amides is 1. The van der Waals surface area contributed by atoms with Gasteiger partial charge in [0.1, 0.15) is 6.04 Å². The summed E-state index contributed by atoms with van der Waals surface area (Å²) in [7, 11) is 0. The van der Waals surface area contributed by atoms with Crippen molar-refractivity contribution in [3.63, 3.8) is 0 Å². The topological polar surface area (TPSA) is 90.2 Å². The monoisotopic (exact) mass is 393 g/mol. The summed E-state index contributed by atoms with van der Waals surface area (Å²) in [5.74, 6) is -0.405. The zero-order valence-corrected chi connectivity index (χ0v) is 16.6. The molecule has 2 aromatic carbocycles. The molecular formula is C22H23N3O4. The molecule has 0 radical (unpaired) electrons. The molecule has 1 atom stereocenters. The number of benzene rings is 2. The molecule has 7 heteroatoms. The molecule has 150 valence electrons. The van der Waals surface area contributed by atoms with E-state index in [1.54, 1.807) is 55.5 Å². The smallest absolute Gasteiger partial charge is 0.336 e. The summed E-state index contributed by atoms with van der Waals surface area (Å²) in [5.41, 5.74) is 0.140. The zero-order chi connectivity index (χ0) is 21.1. The molecule has 0 aliphatic carbocycles. The van der Waals surface area contributed by atoms with Crippen molar-refractivity contribution in [3.8, 4) is 5.69 Å². The van der Waals surface area contributed by atoms with Crippen molar-refractivity contribution in [2.75, 3.05) is 6.54 Å². The summed E-state index contributed by atoms with van der Waals surface area (Å²) >= 11 is 0. The summed E-state index contributed by atoms with van der Waals surface area (Å²) in [6, 6.07) is 12.2. The van der Waals surface area contributed by atoms with E-state index in [0.717, 1.165) is 11.0 Å². The summed E-state index contributed by atoms with van der Waals surface area (Å²) in [5, 5.41) is 3.12. The Hall–Kier alpha value is -3.48. The highest BCUT2D eigenvalue weighted by atomic mass is 16.2. The minimum Gasteiger partial charge on any atom is -0.354 e. The first-order valence-electron chi connectivity index (χ1n) is 9.52. The highest BCUT2D eigenvalue weighted by molar-refractivity contribution is 5.94. The normalized spacial score (nSPS) is 12.0. The Morgan fingerprint density at radius 1 is 1.03 bits per heavy atom. The van der Waals surface area contributed by atoms with E-state index in [-0.39, 0.29) is 11.7 Å². The van der Waals surface area contributed by atoms with Gasteiger partial charge in [-0.25, -0.2) is 9.36 Å². The standard InChI is InChI=1S/C22H23N3O4/c1-4-13-23-20(27)14(2)24-19-8-6-5-7-18(19)21(28)25(22(24)29)17-11-9-16(10-12-17)15(3)26/h5-12,14H,4,13H2,1-3H3,(H,23,27)/t14-/m1/s1. The van der Waals surface area contributed by atoms with Gasteiger partial charge >= 0.3 is 5.69 Å². The predicted octanol–water partition coefficient (Wildman–Crippen LogP) is 2.44. The van der Waals surface area contributed by atoms with Crippen LogP contribution in [0.5, 0.6) is 0 Å². The summed E-state index contributed by atoms with van der Waals surface area (Å²) in [4.78, 5) is 50.5. The number of para-hydroxylation sites is 1. The number of ketones is 1. The van der Waals surface area contributed by atoms with Crippen LogP contribution in [0.25, 0.3) is 16.6 Å². The molecule has 1 aromatic heterocycles. The van der Waals surface area contributed by atoms with Crippen LogP contribution in [-0.4, -0.2) is 27.4 Å². The molecule has 0 spiro atoms. The molecule has 0 saturated carbocycles. The SMILES string of the molecule is CCCNC(=O)[C@@H](C)n1c(=O)n(-c2ccc(C(C)=O)cc2)c(=O)c2ccccc21. The van der Waals surface area contributed by atoms with Crippen LogP contribution in [0.15, 0.2) is 58.1 Å². The second-order valence-electron chi connectivity index (χ2n) is 6.88. The highest BCUT2D eigenvalue weighted by Crippen LogP contribution is 2.15. The lowest BCUT2D eigenvalue weighted by Gasteiger charge is -2.19. The Balaban J connectivity index is 2.27. The van der Waals surface area contributed by atoms with Crippen LogP contribution >= 0.6 is 0 Å². The van der Waals surface area contributed by atoms with Gasteiger partial charge in [-0.1, -0.05) is 19.1 Å². The maximum atomic E-state index is 13.3. The third kappa shape index (κ3) is 3.76. The highest BCUT2D eigenvalue weighted by Gasteiger charge is 2.22. The Morgan fingerprint density at radius 2 is 1.69 bits per heavy atom. The van der Waals surface area contributed by atoms with Crippen molar-refractivity contribution in [2.45, 2.75) is 33.2 Å². The van der Waals surface area contributed by atoms with Crippen molar-refractivity contribution in [3.05, 3.63) is 74.9 Å². The first-order chi connectivity index (χ1) is 13.9. The van der Waals surface area contributed by atoms with Gasteiger partial charge < -0.3 is 5.32 Å². The Bertz CT molecular complexity index is 1190. The van der Waals surface area contributed by atoms with E-state index in [1.807, 2.05) is 6.92 Å². The molecule has 0 aliphatic rings. The number of Topliss-reactive ketones (excluding diaryl/α,β-unsaturated/α-hetero) is 1. The average molecular weight is 393 g/mol. The second kappa shape index (κ2) is 8.26. The lowest BCUT2D eigenvalue weighted by Crippen LogP contribution is -2.43. The molecule has 0 unspecified atom stereocenters. The fraction of sp³-hybridized carbons (Fsp3) is 0.273. The van der Waals surface area contributed by atoms with E-state index in [4.69, 9.17) is 0 Å². The summed E-state index contributed by atoms with van der Waals surface area (Å²) in [6.45, 7) is 5.52. The first kappa shape index (κ1) is 20.3. The van der Waals surface area contributed by atoms with Gasteiger partial charge in [-0.15, -0.1) is 0 Å². The minimum absolute atomic E-state index is 0.110. The number of carbonyl (C=O) groups is 2. The van der Waals surface area contributed by atoms with Crippen LogP contribution < -0.4 is 16.6 Å². The molecule has 0 fully saturated rings. The van der Waals surface area contributed by atoms with Crippen molar-refractivity contribution in [1.82, 2.24) is 14.5 Å². The van der Waals surface area contributed by atoms with Crippen molar-refractivity contribution < 1.29 is 9.59 Å². The Morgan fingerprint density at radius 3 is 2.31 bits per heavy atom. The Kier molecular flexibility index (Phi) is 5.77. The lowest BCUT2D eigenvalue weighted by molar-refractivity contribution is -0.123. The summed E-state index contributed by atoms with van der Waals surface area (Å²) < 4.78 is 2.37. The molecule has 1 amide bonds. The maximum Gasteiger partial charge on any atom is 0.336 e. The van der Waals surface area contributed by atoms with Crippen molar-refractivity contribution >= 4 is 22.6 Å². The average Bonchev–Trinajstić information content (AvgIpc) is 2.72. The van der Waals surface area contributed by atoms with Gasteiger partial charge in [0.2, 0.25) is 5.91 Å². The van der Waals surface area contributed by atoms with E-state index in [2.05, 4.69) is 5.32 Å². The third-order valence-corrected chi connectivity index (χ3v) is 4.84. The molecule has 29 heavy (non-hydrogen) atoms. The van der Waals surface area contributed by atoms with Crippen LogP contribution in [0.3, 0.4) is 0 Å². The zero-order valence-electron chi connectivity index (χ0n) is 16.6. The van der Waals surface area contributed by atoms with Gasteiger partial charge in [0, 0.05) is 12.1 Å². The number of hydrogen-bond acceptors (Lipinski definition) is 4. The molecule has 3 rings (SSSR count). The number of rotatable bonds is 6. The number of aromatic nitrogens is 2. The number of carbonyl (C=O) groups excluding carboxylic acids is 2. The molecule has 0 bridgehead atoms. The van der Waals surface area contributed by atoms with Crippen LogP contribution in [0.1, 0.15) is 43.6 Å². The molecule has 0 aliphatic heterocycles. The van der Waals surface area contributed by atoms with Gasteiger partial charge in [0.05, 0.1) is 16.6 Å². The van der Waals surface area contributed by atoms with Gasteiger partial charge in [0.25, 0.3) is 5.56 Å². The quantitative estimate of drug-likeness (QED) is 0.652.